The Labute approximate surface area is 140 Å². The monoisotopic (exact) mass is 333 g/mol. The fraction of sp³-hybridized carbons (Fsp3) is 0.333. The molecule has 3 rings (SSSR count). The van der Waals surface area contributed by atoms with Crippen molar-refractivity contribution in [3.8, 4) is 17.2 Å². The van der Waals surface area contributed by atoms with E-state index in [9.17, 15) is 5.11 Å². The first kappa shape index (κ1) is 16.1. The largest absolute Gasteiger partial charge is 0.484 e. The normalized spacial score (nSPS) is 24.2. The van der Waals surface area contributed by atoms with E-state index in [2.05, 4.69) is 0 Å². The smallest absolute Gasteiger partial charge is 0.169 e. The van der Waals surface area contributed by atoms with Crippen LogP contribution < -0.4 is 15.2 Å². The first-order valence-corrected chi connectivity index (χ1v) is 8.14. The van der Waals surface area contributed by atoms with E-state index < -0.39 is 6.10 Å². The van der Waals surface area contributed by atoms with E-state index >= 15 is 0 Å². The maximum Gasteiger partial charge on any atom is 0.169 e. The average molecular weight is 334 g/mol. The summed E-state index contributed by atoms with van der Waals surface area (Å²) in [5.74, 6) is 1.87. The minimum atomic E-state index is -0.660. The summed E-state index contributed by atoms with van der Waals surface area (Å²) in [6.07, 6.45) is 1.58. The minimum absolute atomic E-state index is 0.238. The van der Waals surface area contributed by atoms with Gasteiger partial charge in [-0.3, -0.25) is 0 Å². The Morgan fingerprint density at radius 3 is 2.43 bits per heavy atom. The van der Waals surface area contributed by atoms with Gasteiger partial charge in [-0.1, -0.05) is 23.7 Å². The van der Waals surface area contributed by atoms with E-state index in [0.29, 0.717) is 22.3 Å². The van der Waals surface area contributed by atoms with Gasteiger partial charge >= 0.3 is 0 Å². The number of halogens is 1. The van der Waals surface area contributed by atoms with Gasteiger partial charge in [-0.15, -0.1) is 0 Å². The number of ether oxygens (including phenoxy) is 2. The summed E-state index contributed by atoms with van der Waals surface area (Å²) >= 11 is 5.88. The molecule has 0 saturated heterocycles. The average Bonchev–Trinajstić information content (AvgIpc) is 2.56. The molecule has 1 aliphatic carbocycles. The Morgan fingerprint density at radius 1 is 1.00 bits per heavy atom. The minimum Gasteiger partial charge on any atom is -0.484 e. The molecule has 5 heteroatoms. The van der Waals surface area contributed by atoms with E-state index in [1.807, 2.05) is 24.3 Å². The van der Waals surface area contributed by atoms with Crippen molar-refractivity contribution < 1.29 is 14.6 Å². The highest BCUT2D eigenvalue weighted by Crippen LogP contribution is 2.34. The molecule has 0 aromatic heterocycles. The summed E-state index contributed by atoms with van der Waals surface area (Å²) in [5.41, 5.74) is 5.92. The van der Waals surface area contributed by atoms with Gasteiger partial charge in [0.15, 0.2) is 11.5 Å². The molecular weight excluding hydrogens is 314 g/mol. The number of nitrogens with two attached hydrogens (primary N) is 1. The summed E-state index contributed by atoms with van der Waals surface area (Å²) < 4.78 is 11.9. The van der Waals surface area contributed by atoms with Crippen LogP contribution >= 0.6 is 11.6 Å². The van der Waals surface area contributed by atoms with Crippen molar-refractivity contribution in [1.82, 2.24) is 0 Å². The maximum atomic E-state index is 10.2. The number of para-hydroxylation sites is 2. The molecule has 1 saturated carbocycles. The molecule has 1 aliphatic rings. The van der Waals surface area contributed by atoms with Crippen LogP contribution in [0.3, 0.4) is 0 Å². The summed E-state index contributed by atoms with van der Waals surface area (Å²) in [4.78, 5) is 0. The molecule has 0 heterocycles. The molecule has 0 amide bonds. The number of aliphatic hydroxyl groups is 1. The zero-order valence-electron chi connectivity index (χ0n) is 12.7. The van der Waals surface area contributed by atoms with Gasteiger partial charge < -0.3 is 20.3 Å². The lowest BCUT2D eigenvalue weighted by molar-refractivity contribution is -0.00672. The van der Waals surface area contributed by atoms with Crippen molar-refractivity contribution in [2.75, 3.05) is 0 Å². The van der Waals surface area contributed by atoms with Crippen molar-refractivity contribution in [2.24, 2.45) is 5.73 Å². The zero-order valence-corrected chi connectivity index (χ0v) is 13.4. The van der Waals surface area contributed by atoms with Crippen molar-refractivity contribution in [1.29, 1.82) is 0 Å². The molecule has 0 radical (unpaired) electrons. The van der Waals surface area contributed by atoms with Crippen molar-refractivity contribution in [3.05, 3.63) is 53.6 Å². The predicted octanol–water partition coefficient (Wildman–Crippen LogP) is 3.75. The second kappa shape index (κ2) is 7.21. The third kappa shape index (κ3) is 3.96. The Hall–Kier alpha value is -1.75. The molecular formula is C18H20ClNO3. The topological polar surface area (TPSA) is 64.7 Å². The third-order valence-corrected chi connectivity index (χ3v) is 4.27. The second-order valence-electron chi connectivity index (χ2n) is 5.74. The fourth-order valence-corrected chi connectivity index (χ4v) is 2.85. The van der Waals surface area contributed by atoms with E-state index in [1.165, 1.54) is 0 Å². The van der Waals surface area contributed by atoms with Crippen LogP contribution in [0.5, 0.6) is 17.2 Å². The SMILES string of the molecule is N[C@@H]1CCC[C@@H](Oc2ccccc2Oc2ccc(Cl)cc2)[C@@H]1O. The Morgan fingerprint density at radius 2 is 1.70 bits per heavy atom. The predicted molar refractivity (Wildman–Crippen MR) is 90.2 cm³/mol. The highest BCUT2D eigenvalue weighted by molar-refractivity contribution is 6.30. The molecule has 2 aromatic carbocycles. The van der Waals surface area contributed by atoms with Crippen molar-refractivity contribution in [3.63, 3.8) is 0 Å². The van der Waals surface area contributed by atoms with Crippen molar-refractivity contribution in [2.45, 2.75) is 37.5 Å². The van der Waals surface area contributed by atoms with E-state index in [0.717, 1.165) is 19.3 Å². The van der Waals surface area contributed by atoms with Gasteiger partial charge in [-0.25, -0.2) is 0 Å². The van der Waals surface area contributed by atoms with E-state index in [4.69, 9.17) is 26.8 Å². The van der Waals surface area contributed by atoms with E-state index in [1.54, 1.807) is 24.3 Å². The molecule has 0 bridgehead atoms. The fourth-order valence-electron chi connectivity index (χ4n) is 2.73. The van der Waals surface area contributed by atoms with Gasteiger partial charge in [0.1, 0.15) is 18.0 Å². The first-order valence-electron chi connectivity index (χ1n) is 7.76. The molecule has 2 aromatic rings. The lowest BCUT2D eigenvalue weighted by atomic mass is 9.90. The lowest BCUT2D eigenvalue weighted by Crippen LogP contribution is -2.48. The van der Waals surface area contributed by atoms with Crippen LogP contribution in [0.15, 0.2) is 48.5 Å². The molecule has 0 unspecified atom stereocenters. The number of hydrogen-bond acceptors (Lipinski definition) is 4. The molecule has 0 spiro atoms. The highest BCUT2D eigenvalue weighted by Gasteiger charge is 2.31. The standard InChI is InChI=1S/C18H20ClNO3/c19-12-8-10-13(11-9-12)22-15-5-1-2-6-16(15)23-17-7-3-4-14(20)18(17)21/h1-2,5-6,8-11,14,17-18,21H,3-4,7,20H2/t14-,17-,18-/m1/s1. The number of rotatable bonds is 4. The van der Waals surface area contributed by atoms with Gasteiger partial charge in [-0.05, 0) is 55.7 Å². The van der Waals surface area contributed by atoms with Crippen LogP contribution in [-0.4, -0.2) is 23.4 Å². The lowest BCUT2D eigenvalue weighted by Gasteiger charge is -2.33. The van der Waals surface area contributed by atoms with Crippen LogP contribution in [0.25, 0.3) is 0 Å². The van der Waals surface area contributed by atoms with Gasteiger partial charge in [0, 0.05) is 11.1 Å². The quantitative estimate of drug-likeness (QED) is 0.894. The summed E-state index contributed by atoms with van der Waals surface area (Å²) in [5, 5.41) is 10.9. The molecule has 122 valence electrons. The Kier molecular flexibility index (Phi) is 5.06. The number of benzene rings is 2. The number of hydrogen-bond donors (Lipinski definition) is 2. The molecule has 4 nitrogen and oxygen atoms in total. The van der Waals surface area contributed by atoms with Crippen LogP contribution in [0.2, 0.25) is 5.02 Å². The van der Waals surface area contributed by atoms with Gasteiger partial charge in [0.2, 0.25) is 0 Å². The third-order valence-electron chi connectivity index (χ3n) is 4.01. The van der Waals surface area contributed by atoms with Gasteiger partial charge in [0.25, 0.3) is 0 Å². The first-order chi connectivity index (χ1) is 11.1. The molecule has 23 heavy (non-hydrogen) atoms. The second-order valence-corrected chi connectivity index (χ2v) is 6.18. The van der Waals surface area contributed by atoms with E-state index in [-0.39, 0.29) is 12.1 Å². The van der Waals surface area contributed by atoms with Crippen LogP contribution in [0, 0.1) is 0 Å². The molecule has 1 fully saturated rings. The summed E-state index contributed by atoms with van der Waals surface area (Å²) in [7, 11) is 0. The maximum absolute atomic E-state index is 10.2. The van der Waals surface area contributed by atoms with Crippen LogP contribution in [-0.2, 0) is 0 Å². The van der Waals surface area contributed by atoms with Crippen molar-refractivity contribution >= 4 is 11.6 Å². The Bertz CT molecular complexity index is 647. The van der Waals surface area contributed by atoms with Gasteiger partial charge in [-0.2, -0.15) is 0 Å². The van der Waals surface area contributed by atoms with Crippen LogP contribution in [0.1, 0.15) is 19.3 Å². The Balaban J connectivity index is 1.76. The molecule has 3 atom stereocenters. The summed E-state index contributed by atoms with van der Waals surface area (Å²) in [6.45, 7) is 0. The van der Waals surface area contributed by atoms with Crippen LogP contribution in [0.4, 0.5) is 0 Å². The number of aliphatic hydroxyl groups excluding tert-OH is 1. The van der Waals surface area contributed by atoms with Gasteiger partial charge in [0.05, 0.1) is 0 Å². The zero-order chi connectivity index (χ0) is 16.2. The summed E-state index contributed by atoms with van der Waals surface area (Å²) in [6, 6.07) is 14.3. The highest BCUT2D eigenvalue weighted by atomic mass is 35.5. The molecule has 3 N–H and O–H groups in total. The molecule has 0 aliphatic heterocycles.